The van der Waals surface area contributed by atoms with Gasteiger partial charge in [-0.05, 0) is 26.2 Å². The topological polar surface area (TPSA) is 130 Å². The normalized spacial score (nSPS) is 25.9. The second-order valence-corrected chi connectivity index (χ2v) is 5.20. The van der Waals surface area contributed by atoms with Crippen LogP contribution in [0.25, 0.3) is 0 Å². The van der Waals surface area contributed by atoms with E-state index in [9.17, 15) is 4.79 Å². The van der Waals surface area contributed by atoms with Gasteiger partial charge in [0.15, 0.2) is 0 Å². The molecule has 2 saturated heterocycles. The van der Waals surface area contributed by atoms with Crippen LogP contribution in [0.5, 0.6) is 0 Å². The highest BCUT2D eigenvalue weighted by Gasteiger charge is 2.39. The van der Waals surface area contributed by atoms with Gasteiger partial charge >= 0.3 is 0 Å². The number of carbonyl (C=O) groups excluding carboxylic acids is 1. The van der Waals surface area contributed by atoms with Gasteiger partial charge in [-0.1, -0.05) is 0 Å². The zero-order chi connectivity index (χ0) is 15.4. The van der Waals surface area contributed by atoms with Crippen molar-refractivity contribution in [3.8, 4) is 0 Å². The van der Waals surface area contributed by atoms with E-state index < -0.39 is 0 Å². The molecule has 114 valence electrons. The maximum atomic E-state index is 12.1. The van der Waals surface area contributed by atoms with Gasteiger partial charge < -0.3 is 21.5 Å². The van der Waals surface area contributed by atoms with Crippen molar-refractivity contribution < 1.29 is 14.7 Å². The highest BCUT2D eigenvalue weighted by Crippen LogP contribution is 2.28. The number of anilines is 1. The van der Waals surface area contributed by atoms with E-state index in [-0.39, 0.29) is 24.4 Å². The van der Waals surface area contributed by atoms with Crippen LogP contribution in [0.2, 0.25) is 0 Å². The predicted molar refractivity (Wildman–Crippen MR) is 75.7 cm³/mol. The highest BCUT2D eigenvalue weighted by molar-refractivity contribution is 5.95. The van der Waals surface area contributed by atoms with E-state index in [1.807, 2.05) is 0 Å². The number of carbonyl (C=O) groups is 2. The molecule has 1 aromatic rings. The Balaban J connectivity index is 0.000000497. The van der Waals surface area contributed by atoms with Crippen LogP contribution in [0.3, 0.4) is 0 Å². The van der Waals surface area contributed by atoms with Crippen LogP contribution in [-0.2, 0) is 4.79 Å². The standard InChI is InChI=1S/C12H17N5O.CH2O2/c1-6-8(5-14-12(13)15-6)11(18)17-10-4-7-2-3-9(10)16-7;2-1-3/h5,7,9-10,16H,2-4H2,1H3,(H,17,18)(H2,13,14,15);1H,(H,2,3)/t7-,9+,10+;/m1./s1. The fourth-order valence-corrected chi connectivity index (χ4v) is 2.94. The zero-order valence-electron chi connectivity index (χ0n) is 11.7. The number of amides is 1. The average molecular weight is 293 g/mol. The number of nitrogens with two attached hydrogens (primary N) is 1. The van der Waals surface area contributed by atoms with Crippen molar-refractivity contribution >= 4 is 18.3 Å². The summed E-state index contributed by atoms with van der Waals surface area (Å²) in [5.74, 6) is 0.0949. The second kappa shape index (κ2) is 6.49. The molecule has 2 aliphatic rings. The predicted octanol–water partition coefficient (Wildman–Crippen LogP) is -0.309. The Morgan fingerprint density at radius 1 is 1.57 bits per heavy atom. The van der Waals surface area contributed by atoms with E-state index in [4.69, 9.17) is 15.6 Å². The number of hydrogen-bond donors (Lipinski definition) is 4. The van der Waals surface area contributed by atoms with Gasteiger partial charge in [0.2, 0.25) is 5.95 Å². The number of hydrogen-bond acceptors (Lipinski definition) is 6. The molecule has 2 fully saturated rings. The summed E-state index contributed by atoms with van der Waals surface area (Å²) in [5, 5.41) is 13.4. The first-order chi connectivity index (χ1) is 10.0. The molecule has 21 heavy (non-hydrogen) atoms. The Hall–Kier alpha value is -2.22. The molecule has 0 saturated carbocycles. The molecule has 3 rings (SSSR count). The van der Waals surface area contributed by atoms with Crippen LogP contribution < -0.4 is 16.4 Å². The summed E-state index contributed by atoms with van der Waals surface area (Å²) >= 11 is 0. The maximum Gasteiger partial charge on any atom is 0.290 e. The van der Waals surface area contributed by atoms with Gasteiger partial charge in [0.1, 0.15) is 0 Å². The van der Waals surface area contributed by atoms with Crippen LogP contribution in [0, 0.1) is 6.92 Å². The SMILES string of the molecule is Cc1nc(N)ncc1C(=O)N[C@H]1C[C@H]2CC[C@@H]1N2.O=CO. The monoisotopic (exact) mass is 293 g/mol. The smallest absolute Gasteiger partial charge is 0.290 e. The van der Waals surface area contributed by atoms with Crippen molar-refractivity contribution in [3.63, 3.8) is 0 Å². The van der Waals surface area contributed by atoms with Crippen LogP contribution in [0.15, 0.2) is 6.20 Å². The van der Waals surface area contributed by atoms with Crippen molar-refractivity contribution in [1.82, 2.24) is 20.6 Å². The average Bonchev–Trinajstić information content (AvgIpc) is 3.01. The van der Waals surface area contributed by atoms with E-state index in [1.165, 1.54) is 12.6 Å². The summed E-state index contributed by atoms with van der Waals surface area (Å²) in [5.41, 5.74) is 6.60. The third-order valence-electron chi connectivity index (χ3n) is 3.86. The molecule has 0 aromatic carbocycles. The van der Waals surface area contributed by atoms with Crippen molar-refractivity contribution in [2.24, 2.45) is 0 Å². The quantitative estimate of drug-likeness (QED) is 0.550. The van der Waals surface area contributed by atoms with Gasteiger partial charge in [0.05, 0.1) is 11.3 Å². The van der Waals surface area contributed by atoms with Gasteiger partial charge in [0.25, 0.3) is 12.4 Å². The van der Waals surface area contributed by atoms with Gasteiger partial charge in [-0.15, -0.1) is 0 Å². The molecule has 1 aromatic heterocycles. The molecule has 2 bridgehead atoms. The Morgan fingerprint density at radius 2 is 2.29 bits per heavy atom. The fourth-order valence-electron chi connectivity index (χ4n) is 2.94. The minimum absolute atomic E-state index is 0.105. The van der Waals surface area contributed by atoms with Crippen molar-refractivity contribution in [3.05, 3.63) is 17.5 Å². The molecule has 2 aliphatic heterocycles. The lowest BCUT2D eigenvalue weighted by atomic mass is 9.95. The molecule has 5 N–H and O–H groups in total. The number of nitrogen functional groups attached to an aromatic ring is 1. The van der Waals surface area contributed by atoms with Crippen molar-refractivity contribution in [1.29, 1.82) is 0 Å². The number of aryl methyl sites for hydroxylation is 1. The number of nitrogens with one attached hydrogen (secondary N) is 2. The Kier molecular flexibility index (Phi) is 4.69. The molecule has 8 heteroatoms. The first kappa shape index (κ1) is 15.2. The molecule has 3 atom stereocenters. The first-order valence-electron chi connectivity index (χ1n) is 6.79. The summed E-state index contributed by atoms with van der Waals surface area (Å²) in [6, 6.07) is 1.23. The largest absolute Gasteiger partial charge is 0.483 e. The van der Waals surface area contributed by atoms with E-state index in [0.29, 0.717) is 23.3 Å². The van der Waals surface area contributed by atoms with Crippen LogP contribution in [-0.4, -0.2) is 45.6 Å². The Morgan fingerprint density at radius 3 is 2.81 bits per heavy atom. The van der Waals surface area contributed by atoms with Gasteiger partial charge in [-0.2, -0.15) is 0 Å². The van der Waals surface area contributed by atoms with E-state index in [2.05, 4.69) is 20.6 Å². The molecule has 0 unspecified atom stereocenters. The molecule has 1 amide bonds. The maximum absolute atomic E-state index is 12.1. The summed E-state index contributed by atoms with van der Waals surface area (Å²) in [4.78, 5) is 28.4. The fraction of sp³-hybridized carbons (Fsp3) is 0.538. The Bertz CT molecular complexity index is 537. The van der Waals surface area contributed by atoms with Gasteiger partial charge in [-0.25, -0.2) is 9.97 Å². The van der Waals surface area contributed by atoms with Crippen LogP contribution in [0.1, 0.15) is 35.3 Å². The summed E-state index contributed by atoms with van der Waals surface area (Å²) < 4.78 is 0. The first-order valence-corrected chi connectivity index (χ1v) is 6.79. The van der Waals surface area contributed by atoms with Crippen LogP contribution >= 0.6 is 0 Å². The van der Waals surface area contributed by atoms with Gasteiger partial charge in [0, 0.05) is 24.3 Å². The van der Waals surface area contributed by atoms with Crippen molar-refractivity contribution in [2.75, 3.05) is 5.73 Å². The van der Waals surface area contributed by atoms with E-state index >= 15 is 0 Å². The zero-order valence-corrected chi connectivity index (χ0v) is 11.7. The molecular formula is C13H19N5O3. The van der Waals surface area contributed by atoms with Crippen LogP contribution in [0.4, 0.5) is 5.95 Å². The van der Waals surface area contributed by atoms with Crippen molar-refractivity contribution in [2.45, 2.75) is 44.3 Å². The number of aromatic nitrogens is 2. The number of carboxylic acid groups (broad SMARTS) is 1. The third kappa shape index (κ3) is 3.46. The molecular weight excluding hydrogens is 274 g/mol. The highest BCUT2D eigenvalue weighted by atomic mass is 16.3. The lowest BCUT2D eigenvalue weighted by Crippen LogP contribution is -2.43. The lowest BCUT2D eigenvalue weighted by molar-refractivity contribution is -0.122. The number of nitrogens with zero attached hydrogens (tertiary/aromatic N) is 2. The third-order valence-corrected chi connectivity index (χ3v) is 3.86. The van der Waals surface area contributed by atoms with E-state index in [1.54, 1.807) is 6.92 Å². The molecule has 0 radical (unpaired) electrons. The minimum Gasteiger partial charge on any atom is -0.483 e. The van der Waals surface area contributed by atoms with Gasteiger partial charge in [-0.3, -0.25) is 9.59 Å². The minimum atomic E-state index is -0.250. The second-order valence-electron chi connectivity index (χ2n) is 5.20. The number of rotatable bonds is 2. The molecule has 0 aliphatic carbocycles. The molecule has 3 heterocycles. The Labute approximate surface area is 122 Å². The summed E-state index contributed by atoms with van der Waals surface area (Å²) in [7, 11) is 0. The van der Waals surface area contributed by atoms with E-state index in [0.717, 1.165) is 12.8 Å². The number of fused-ring (bicyclic) bond motifs is 2. The molecule has 8 nitrogen and oxygen atoms in total. The molecule has 0 spiro atoms. The summed E-state index contributed by atoms with van der Waals surface area (Å²) in [6.07, 6.45) is 4.88. The lowest BCUT2D eigenvalue weighted by Gasteiger charge is -2.21. The summed E-state index contributed by atoms with van der Waals surface area (Å²) in [6.45, 7) is 1.52.